The van der Waals surface area contributed by atoms with Gasteiger partial charge in [-0.05, 0) is 48.5 Å². The van der Waals surface area contributed by atoms with Crippen LogP contribution in [-0.2, 0) is 16.6 Å². The molecule has 3 heterocycles. The van der Waals surface area contributed by atoms with Crippen LogP contribution < -0.4 is 5.32 Å². The lowest BCUT2D eigenvalue weighted by Gasteiger charge is -2.16. The fourth-order valence-electron chi connectivity index (χ4n) is 2.82. The maximum absolute atomic E-state index is 12.7. The van der Waals surface area contributed by atoms with Crippen LogP contribution >= 0.6 is 11.3 Å². The molecule has 158 valence electrons. The highest BCUT2D eigenvalue weighted by molar-refractivity contribution is 7.89. The number of nitrogens with zero attached hydrogens (tertiary/aromatic N) is 3. The Bertz CT molecular complexity index is 1270. The Hall–Kier alpha value is -3.34. The van der Waals surface area contributed by atoms with Crippen molar-refractivity contribution in [3.05, 3.63) is 83.9 Å². The number of nitrogens with one attached hydrogen (secondary N) is 1. The van der Waals surface area contributed by atoms with E-state index < -0.39 is 10.0 Å². The van der Waals surface area contributed by atoms with Crippen LogP contribution in [0.1, 0.15) is 16.1 Å². The van der Waals surface area contributed by atoms with Crippen molar-refractivity contribution in [1.29, 1.82) is 0 Å². The first kappa shape index (κ1) is 20.9. The van der Waals surface area contributed by atoms with Gasteiger partial charge in [0.05, 0.1) is 23.4 Å². The summed E-state index contributed by atoms with van der Waals surface area (Å²) in [5, 5.41) is 5.03. The zero-order valence-corrected chi connectivity index (χ0v) is 18.1. The van der Waals surface area contributed by atoms with Gasteiger partial charge in [-0.1, -0.05) is 0 Å². The quantitative estimate of drug-likeness (QED) is 0.454. The molecule has 0 atom stereocenters. The van der Waals surface area contributed by atoms with Gasteiger partial charge in [0.25, 0.3) is 5.91 Å². The van der Waals surface area contributed by atoms with Crippen LogP contribution in [0.2, 0.25) is 0 Å². The van der Waals surface area contributed by atoms with Gasteiger partial charge >= 0.3 is 0 Å². The maximum Gasteiger partial charge on any atom is 0.257 e. The second kappa shape index (κ2) is 8.80. The van der Waals surface area contributed by atoms with E-state index in [1.54, 1.807) is 24.5 Å². The monoisotopic (exact) mass is 454 g/mol. The van der Waals surface area contributed by atoms with Crippen molar-refractivity contribution in [3.8, 4) is 11.3 Å². The number of sulfonamides is 1. The molecule has 1 aromatic carbocycles. The van der Waals surface area contributed by atoms with Gasteiger partial charge < -0.3 is 4.42 Å². The van der Waals surface area contributed by atoms with Gasteiger partial charge in [-0.15, -0.1) is 11.3 Å². The minimum Gasteiger partial charge on any atom is -0.468 e. The van der Waals surface area contributed by atoms with Crippen molar-refractivity contribution in [2.24, 2.45) is 0 Å². The lowest BCUT2D eigenvalue weighted by atomic mass is 10.2. The van der Waals surface area contributed by atoms with Crippen LogP contribution in [0.25, 0.3) is 11.3 Å². The van der Waals surface area contributed by atoms with E-state index in [1.807, 2.05) is 17.5 Å². The van der Waals surface area contributed by atoms with Crippen molar-refractivity contribution in [3.63, 3.8) is 0 Å². The van der Waals surface area contributed by atoms with Gasteiger partial charge in [-0.2, -0.15) is 4.31 Å². The number of hydrogen-bond donors (Lipinski definition) is 1. The predicted octanol–water partition coefficient (Wildman–Crippen LogP) is 3.87. The summed E-state index contributed by atoms with van der Waals surface area (Å²) in [5.74, 6) is 0.167. The Balaban J connectivity index is 1.44. The molecular weight excluding hydrogens is 436 g/mol. The SMILES string of the molecule is CN(Cc1ccco1)S(=O)(=O)c1ccc(C(=O)Nc2nc(-c3ccncc3)cs2)cc1. The zero-order valence-electron chi connectivity index (χ0n) is 16.4. The maximum atomic E-state index is 12.7. The smallest absolute Gasteiger partial charge is 0.257 e. The number of pyridine rings is 1. The van der Waals surface area contributed by atoms with Crippen LogP contribution in [0.5, 0.6) is 0 Å². The molecule has 0 bridgehead atoms. The number of thiazole rings is 1. The van der Waals surface area contributed by atoms with Gasteiger partial charge in [-0.25, -0.2) is 13.4 Å². The van der Waals surface area contributed by atoms with E-state index in [-0.39, 0.29) is 17.3 Å². The third-order valence-corrected chi connectivity index (χ3v) is 7.06. The molecule has 0 aliphatic heterocycles. The van der Waals surface area contributed by atoms with Crippen molar-refractivity contribution in [2.75, 3.05) is 12.4 Å². The second-order valence-corrected chi connectivity index (χ2v) is 9.50. The van der Waals surface area contributed by atoms with Crippen molar-refractivity contribution in [1.82, 2.24) is 14.3 Å². The fourth-order valence-corrected chi connectivity index (χ4v) is 4.67. The van der Waals surface area contributed by atoms with Crippen LogP contribution in [0.15, 0.2) is 81.9 Å². The molecule has 1 amide bonds. The molecule has 0 fully saturated rings. The summed E-state index contributed by atoms with van der Waals surface area (Å²) in [7, 11) is -2.24. The molecule has 0 radical (unpaired) electrons. The largest absolute Gasteiger partial charge is 0.468 e. The Labute approximate surface area is 183 Å². The molecule has 4 rings (SSSR count). The summed E-state index contributed by atoms with van der Waals surface area (Å²) in [6.45, 7) is 0.113. The third kappa shape index (κ3) is 4.71. The zero-order chi connectivity index (χ0) is 21.8. The van der Waals surface area contributed by atoms with Crippen LogP contribution in [-0.4, -0.2) is 35.6 Å². The van der Waals surface area contributed by atoms with E-state index in [0.29, 0.717) is 16.5 Å². The number of furan rings is 1. The Morgan fingerprint density at radius 2 is 1.87 bits per heavy atom. The van der Waals surface area contributed by atoms with Gasteiger partial charge in [0.15, 0.2) is 5.13 Å². The molecule has 0 saturated heterocycles. The Morgan fingerprint density at radius 1 is 1.13 bits per heavy atom. The first-order chi connectivity index (χ1) is 14.9. The molecular formula is C21H18N4O4S2. The number of amides is 1. The number of anilines is 1. The molecule has 0 aliphatic rings. The Kier molecular flexibility index (Phi) is 5.94. The number of hydrogen-bond acceptors (Lipinski definition) is 7. The molecule has 0 saturated carbocycles. The van der Waals surface area contributed by atoms with E-state index in [1.165, 1.54) is 53.2 Å². The second-order valence-electron chi connectivity index (χ2n) is 6.59. The summed E-state index contributed by atoms with van der Waals surface area (Å²) < 4.78 is 31.9. The molecule has 0 unspecified atom stereocenters. The van der Waals surface area contributed by atoms with Gasteiger partial charge in [0, 0.05) is 35.9 Å². The average molecular weight is 455 g/mol. The lowest BCUT2D eigenvalue weighted by Crippen LogP contribution is -2.26. The van der Waals surface area contributed by atoms with Gasteiger partial charge in [0.2, 0.25) is 10.0 Å². The number of carbonyl (C=O) groups excluding carboxylic acids is 1. The van der Waals surface area contributed by atoms with E-state index in [9.17, 15) is 13.2 Å². The summed E-state index contributed by atoms with van der Waals surface area (Å²) in [4.78, 5) is 21.0. The molecule has 0 spiro atoms. The van der Waals surface area contributed by atoms with E-state index in [0.717, 1.165) is 11.3 Å². The van der Waals surface area contributed by atoms with Crippen molar-refractivity contribution < 1.29 is 17.6 Å². The summed E-state index contributed by atoms with van der Waals surface area (Å²) in [5.41, 5.74) is 1.97. The van der Waals surface area contributed by atoms with Crippen molar-refractivity contribution in [2.45, 2.75) is 11.4 Å². The Morgan fingerprint density at radius 3 is 2.55 bits per heavy atom. The minimum atomic E-state index is -3.72. The van der Waals surface area contributed by atoms with E-state index in [2.05, 4.69) is 15.3 Å². The van der Waals surface area contributed by atoms with Crippen molar-refractivity contribution >= 4 is 32.4 Å². The first-order valence-electron chi connectivity index (χ1n) is 9.19. The van der Waals surface area contributed by atoms with Crippen LogP contribution in [0.3, 0.4) is 0 Å². The fraction of sp³-hybridized carbons (Fsp3) is 0.0952. The normalized spacial score (nSPS) is 11.5. The van der Waals surface area contributed by atoms with Gasteiger partial charge in [-0.3, -0.25) is 15.1 Å². The molecule has 3 aromatic heterocycles. The molecule has 10 heteroatoms. The molecule has 31 heavy (non-hydrogen) atoms. The first-order valence-corrected chi connectivity index (χ1v) is 11.5. The van der Waals surface area contributed by atoms with Gasteiger partial charge in [0.1, 0.15) is 5.76 Å². The number of rotatable bonds is 7. The third-order valence-electron chi connectivity index (χ3n) is 4.48. The standard InChI is InChI=1S/C21H18N4O4S2/c1-25(13-17-3-2-12-29-17)31(27,28)18-6-4-16(5-7-18)20(26)24-21-23-19(14-30-21)15-8-10-22-11-9-15/h2-12,14H,13H2,1H3,(H,23,24,26). The molecule has 0 aliphatic carbocycles. The summed E-state index contributed by atoms with van der Waals surface area (Å²) >= 11 is 1.31. The van der Waals surface area contributed by atoms with Crippen LogP contribution in [0, 0.1) is 0 Å². The highest BCUT2D eigenvalue weighted by Gasteiger charge is 2.22. The highest BCUT2D eigenvalue weighted by Crippen LogP contribution is 2.25. The number of benzene rings is 1. The number of carbonyl (C=O) groups is 1. The molecule has 1 N–H and O–H groups in total. The highest BCUT2D eigenvalue weighted by atomic mass is 32.2. The van der Waals surface area contributed by atoms with E-state index in [4.69, 9.17) is 4.42 Å². The predicted molar refractivity (Wildman–Crippen MR) is 117 cm³/mol. The molecule has 4 aromatic rings. The minimum absolute atomic E-state index is 0.0901. The van der Waals surface area contributed by atoms with Crippen LogP contribution in [0.4, 0.5) is 5.13 Å². The van der Waals surface area contributed by atoms with E-state index >= 15 is 0 Å². The lowest BCUT2D eigenvalue weighted by molar-refractivity contribution is 0.102. The number of aromatic nitrogens is 2. The average Bonchev–Trinajstić information content (AvgIpc) is 3.46. The summed E-state index contributed by atoms with van der Waals surface area (Å²) in [6.07, 6.45) is 4.84. The summed E-state index contributed by atoms with van der Waals surface area (Å²) in [6, 6.07) is 12.8. The molecule has 8 nitrogen and oxygen atoms in total. The topological polar surface area (TPSA) is 105 Å².